The minimum absolute atomic E-state index is 0.228. The van der Waals surface area contributed by atoms with Crippen molar-refractivity contribution in [2.45, 2.75) is 45.1 Å². The number of nitrogens with zero attached hydrogens (tertiary/aromatic N) is 3. The van der Waals surface area contributed by atoms with Gasteiger partial charge in [-0.1, -0.05) is 6.07 Å². The first-order chi connectivity index (χ1) is 11.9. The molecule has 2 aromatic heterocycles. The first kappa shape index (κ1) is 17.3. The van der Waals surface area contributed by atoms with Crippen LogP contribution in [-0.2, 0) is 4.74 Å². The van der Waals surface area contributed by atoms with Crippen molar-refractivity contribution < 1.29 is 9.53 Å². The van der Waals surface area contributed by atoms with Gasteiger partial charge >= 0.3 is 6.09 Å². The number of aromatic nitrogens is 3. The maximum Gasteiger partial charge on any atom is 0.410 e. The third-order valence-electron chi connectivity index (χ3n) is 4.10. The van der Waals surface area contributed by atoms with Crippen LogP contribution in [0, 0.1) is 0 Å². The molecule has 0 atom stereocenters. The topological polar surface area (TPSA) is 83.1 Å². The second-order valence-electron chi connectivity index (χ2n) is 7.28. The molecule has 7 heteroatoms. The molecule has 7 nitrogen and oxygen atoms in total. The number of ether oxygens (including phenoxy) is 1. The van der Waals surface area contributed by atoms with E-state index < -0.39 is 5.60 Å². The molecule has 0 aromatic carbocycles. The fourth-order valence-corrected chi connectivity index (χ4v) is 2.90. The van der Waals surface area contributed by atoms with Crippen LogP contribution in [-0.4, -0.2) is 44.9 Å². The van der Waals surface area contributed by atoms with Gasteiger partial charge in [0.1, 0.15) is 17.2 Å². The fourth-order valence-electron chi connectivity index (χ4n) is 2.90. The lowest BCUT2D eigenvalue weighted by Gasteiger charge is -2.33. The number of carbonyl (C=O) groups excluding carboxylic acids is 1. The van der Waals surface area contributed by atoms with E-state index in [2.05, 4.69) is 15.5 Å². The van der Waals surface area contributed by atoms with E-state index in [-0.39, 0.29) is 6.09 Å². The minimum Gasteiger partial charge on any atom is -0.444 e. The second-order valence-corrected chi connectivity index (χ2v) is 7.28. The number of piperidine rings is 1. The van der Waals surface area contributed by atoms with Crippen LogP contribution in [0.5, 0.6) is 0 Å². The Morgan fingerprint density at radius 3 is 2.68 bits per heavy atom. The van der Waals surface area contributed by atoms with Gasteiger partial charge in [0.05, 0.1) is 6.20 Å². The van der Waals surface area contributed by atoms with Gasteiger partial charge in [0.15, 0.2) is 0 Å². The fraction of sp³-hybridized carbons (Fsp3) is 0.500. The van der Waals surface area contributed by atoms with E-state index in [1.165, 1.54) is 0 Å². The molecule has 2 aromatic rings. The number of hydrogen-bond donors (Lipinski definition) is 2. The Morgan fingerprint density at radius 1 is 1.28 bits per heavy atom. The molecule has 1 amide bonds. The highest BCUT2D eigenvalue weighted by atomic mass is 16.6. The summed E-state index contributed by atoms with van der Waals surface area (Å²) in [5, 5.41) is 9.98. The number of pyridine rings is 1. The molecule has 0 radical (unpaired) electrons. The first-order valence-electron chi connectivity index (χ1n) is 8.62. The van der Waals surface area contributed by atoms with Crippen molar-refractivity contribution in [1.82, 2.24) is 20.1 Å². The monoisotopic (exact) mass is 343 g/mol. The van der Waals surface area contributed by atoms with E-state index >= 15 is 0 Å². The van der Waals surface area contributed by atoms with Gasteiger partial charge < -0.3 is 15.0 Å². The molecular formula is C18H25N5O2. The van der Waals surface area contributed by atoms with Crippen molar-refractivity contribution in [3.63, 3.8) is 0 Å². The van der Waals surface area contributed by atoms with Gasteiger partial charge in [0, 0.05) is 30.8 Å². The lowest BCUT2D eigenvalue weighted by Crippen LogP contribution is -2.41. The van der Waals surface area contributed by atoms with Gasteiger partial charge in [0.25, 0.3) is 0 Å². The summed E-state index contributed by atoms with van der Waals surface area (Å²) in [6, 6.07) is 7.83. The molecule has 134 valence electrons. The summed E-state index contributed by atoms with van der Waals surface area (Å²) in [6.07, 6.45) is 3.24. The Hall–Kier alpha value is -2.57. The Balaban J connectivity index is 1.58. The van der Waals surface area contributed by atoms with Gasteiger partial charge in [0.2, 0.25) is 0 Å². The summed E-state index contributed by atoms with van der Waals surface area (Å²) < 4.78 is 5.45. The Kier molecular flexibility index (Phi) is 4.92. The molecular weight excluding hydrogens is 318 g/mol. The predicted molar refractivity (Wildman–Crippen MR) is 95.9 cm³/mol. The van der Waals surface area contributed by atoms with Crippen LogP contribution in [0.1, 0.15) is 45.2 Å². The van der Waals surface area contributed by atoms with Crippen molar-refractivity contribution >= 4 is 17.7 Å². The van der Waals surface area contributed by atoms with Crippen molar-refractivity contribution in [3.8, 4) is 0 Å². The highest BCUT2D eigenvalue weighted by molar-refractivity contribution is 5.68. The van der Waals surface area contributed by atoms with Gasteiger partial charge in [-0.15, -0.1) is 0 Å². The molecule has 3 heterocycles. The zero-order valence-electron chi connectivity index (χ0n) is 15.0. The molecule has 0 aliphatic carbocycles. The Labute approximate surface area is 147 Å². The lowest BCUT2D eigenvalue weighted by molar-refractivity contribution is 0.0204. The second kappa shape index (κ2) is 7.13. The van der Waals surface area contributed by atoms with Gasteiger partial charge in [-0.2, -0.15) is 5.10 Å². The van der Waals surface area contributed by atoms with Crippen molar-refractivity contribution in [3.05, 3.63) is 36.2 Å². The number of amides is 1. The quantitative estimate of drug-likeness (QED) is 0.888. The first-order valence-corrected chi connectivity index (χ1v) is 8.62. The van der Waals surface area contributed by atoms with Crippen LogP contribution >= 0.6 is 0 Å². The summed E-state index contributed by atoms with van der Waals surface area (Å²) in [5.41, 5.74) is 0.593. The standard InChI is InChI=1S/C18H25N5O2/c1-18(2,3)25-17(24)23-11-8-13(9-12-23)14-5-4-6-15(20-14)21-16-7-10-19-22-16/h4-7,10,13H,8-9,11-12H2,1-3H3,(H2,19,20,21,22). The minimum atomic E-state index is -0.456. The highest BCUT2D eigenvalue weighted by Crippen LogP contribution is 2.28. The van der Waals surface area contributed by atoms with Crippen molar-refractivity contribution in [2.75, 3.05) is 18.4 Å². The molecule has 0 spiro atoms. The van der Waals surface area contributed by atoms with Gasteiger partial charge in [-0.05, 0) is 45.7 Å². The van der Waals surface area contributed by atoms with Crippen LogP contribution < -0.4 is 5.32 Å². The molecule has 3 rings (SSSR count). The number of nitrogens with one attached hydrogen (secondary N) is 2. The summed E-state index contributed by atoms with van der Waals surface area (Å²) in [6.45, 7) is 7.05. The number of H-pyrrole nitrogens is 1. The summed E-state index contributed by atoms with van der Waals surface area (Å²) >= 11 is 0. The molecule has 1 fully saturated rings. The molecule has 0 unspecified atom stereocenters. The van der Waals surface area contributed by atoms with E-state index in [4.69, 9.17) is 9.72 Å². The zero-order valence-corrected chi connectivity index (χ0v) is 15.0. The molecule has 2 N–H and O–H groups in total. The number of anilines is 2. The van der Waals surface area contributed by atoms with Crippen molar-refractivity contribution in [1.29, 1.82) is 0 Å². The molecule has 0 bridgehead atoms. The third-order valence-corrected chi connectivity index (χ3v) is 4.10. The zero-order chi connectivity index (χ0) is 17.9. The number of hydrogen-bond acceptors (Lipinski definition) is 5. The average molecular weight is 343 g/mol. The molecule has 1 saturated heterocycles. The van der Waals surface area contributed by atoms with Crippen LogP contribution in [0.25, 0.3) is 0 Å². The summed E-state index contributed by atoms with van der Waals surface area (Å²) in [4.78, 5) is 18.7. The summed E-state index contributed by atoms with van der Waals surface area (Å²) in [5.74, 6) is 1.95. The van der Waals surface area contributed by atoms with Crippen LogP contribution in [0.15, 0.2) is 30.5 Å². The number of carbonyl (C=O) groups is 1. The van der Waals surface area contributed by atoms with E-state index in [1.54, 1.807) is 11.1 Å². The van der Waals surface area contributed by atoms with Crippen molar-refractivity contribution in [2.24, 2.45) is 0 Å². The molecule has 25 heavy (non-hydrogen) atoms. The smallest absolute Gasteiger partial charge is 0.410 e. The van der Waals surface area contributed by atoms with Crippen LogP contribution in [0.3, 0.4) is 0 Å². The van der Waals surface area contributed by atoms with E-state index in [0.717, 1.165) is 30.2 Å². The average Bonchev–Trinajstić information content (AvgIpc) is 3.07. The van der Waals surface area contributed by atoms with Crippen LogP contribution in [0.2, 0.25) is 0 Å². The van der Waals surface area contributed by atoms with E-state index in [1.807, 2.05) is 45.0 Å². The van der Waals surface area contributed by atoms with Gasteiger partial charge in [-0.3, -0.25) is 5.10 Å². The number of aromatic amines is 1. The summed E-state index contributed by atoms with van der Waals surface area (Å²) in [7, 11) is 0. The Bertz CT molecular complexity index is 701. The highest BCUT2D eigenvalue weighted by Gasteiger charge is 2.28. The normalized spacial score (nSPS) is 15.9. The third kappa shape index (κ3) is 4.71. The number of likely N-dealkylation sites (tertiary alicyclic amines) is 1. The number of rotatable bonds is 3. The lowest BCUT2D eigenvalue weighted by atomic mass is 9.93. The molecule has 0 saturated carbocycles. The maximum absolute atomic E-state index is 12.2. The van der Waals surface area contributed by atoms with E-state index in [9.17, 15) is 4.79 Å². The Morgan fingerprint density at radius 2 is 2.04 bits per heavy atom. The van der Waals surface area contributed by atoms with Gasteiger partial charge in [-0.25, -0.2) is 9.78 Å². The van der Waals surface area contributed by atoms with E-state index in [0.29, 0.717) is 19.0 Å². The SMILES string of the molecule is CC(C)(C)OC(=O)N1CCC(c2cccc(Nc3ccn[nH]3)n2)CC1. The largest absolute Gasteiger partial charge is 0.444 e. The predicted octanol–water partition coefficient (Wildman–Crippen LogP) is 3.66. The molecule has 1 aliphatic heterocycles. The maximum atomic E-state index is 12.2. The van der Waals surface area contributed by atoms with Crippen LogP contribution in [0.4, 0.5) is 16.4 Å². The molecule has 1 aliphatic rings.